The Morgan fingerprint density at radius 3 is 2.58 bits per heavy atom. The number of benzene rings is 1. The van der Waals surface area contributed by atoms with Crippen molar-refractivity contribution in [2.45, 2.75) is 5.38 Å². The van der Waals surface area contributed by atoms with Gasteiger partial charge in [-0.25, -0.2) is 9.18 Å². The molecule has 2 aromatic rings. The summed E-state index contributed by atoms with van der Waals surface area (Å²) in [6.07, 6.45) is 2.49. The second-order valence-electron chi connectivity index (χ2n) is 3.77. The number of aromatic nitrogens is 1. The molecule has 0 radical (unpaired) electrons. The van der Waals surface area contributed by atoms with E-state index >= 15 is 0 Å². The van der Waals surface area contributed by atoms with Gasteiger partial charge in [0.05, 0.1) is 16.0 Å². The zero-order chi connectivity index (χ0) is 14.0. The monoisotopic (exact) mass is 299 g/mol. The minimum Gasteiger partial charge on any atom is -0.478 e. The summed E-state index contributed by atoms with van der Waals surface area (Å²) in [4.78, 5) is 15.0. The molecule has 0 aliphatic rings. The van der Waals surface area contributed by atoms with E-state index in [9.17, 15) is 9.18 Å². The van der Waals surface area contributed by atoms with E-state index in [1.54, 1.807) is 6.07 Å². The first-order chi connectivity index (χ1) is 9.02. The largest absolute Gasteiger partial charge is 0.478 e. The molecule has 1 heterocycles. The molecule has 0 saturated heterocycles. The van der Waals surface area contributed by atoms with Crippen LogP contribution in [0.5, 0.6) is 0 Å². The Hall–Kier alpha value is -1.65. The van der Waals surface area contributed by atoms with Crippen LogP contribution in [0.15, 0.2) is 36.7 Å². The van der Waals surface area contributed by atoms with E-state index in [4.69, 9.17) is 28.3 Å². The number of carbonyl (C=O) groups is 1. The molecule has 0 aliphatic heterocycles. The molecule has 0 spiro atoms. The number of carboxylic acids is 1. The maximum atomic E-state index is 13.7. The summed E-state index contributed by atoms with van der Waals surface area (Å²) in [5.41, 5.74) is 0.169. The van der Waals surface area contributed by atoms with Crippen LogP contribution < -0.4 is 0 Å². The first-order valence-corrected chi connectivity index (χ1v) is 6.09. The predicted molar refractivity (Wildman–Crippen MR) is 70.3 cm³/mol. The summed E-state index contributed by atoms with van der Waals surface area (Å²) < 4.78 is 13.7. The van der Waals surface area contributed by atoms with Crippen LogP contribution >= 0.6 is 23.2 Å². The Morgan fingerprint density at radius 2 is 1.95 bits per heavy atom. The van der Waals surface area contributed by atoms with Crippen LogP contribution in [0.2, 0.25) is 5.02 Å². The number of nitrogens with zero attached hydrogens (tertiary/aromatic N) is 1. The van der Waals surface area contributed by atoms with E-state index in [1.165, 1.54) is 30.6 Å². The number of aromatic carboxylic acids is 1. The van der Waals surface area contributed by atoms with Crippen molar-refractivity contribution in [1.29, 1.82) is 0 Å². The second kappa shape index (κ2) is 5.55. The van der Waals surface area contributed by atoms with Crippen LogP contribution in [0, 0.1) is 5.82 Å². The molecular formula is C13H8Cl2FNO2. The highest BCUT2D eigenvalue weighted by Gasteiger charge is 2.23. The Bertz CT molecular complexity index is 634. The van der Waals surface area contributed by atoms with Crippen LogP contribution in [0.4, 0.5) is 4.39 Å². The number of halogens is 3. The van der Waals surface area contributed by atoms with Crippen LogP contribution in [0.3, 0.4) is 0 Å². The van der Waals surface area contributed by atoms with Crippen LogP contribution in [-0.4, -0.2) is 16.1 Å². The molecule has 1 unspecified atom stereocenters. The third-order valence-corrected chi connectivity index (χ3v) is 3.35. The normalized spacial score (nSPS) is 12.2. The first-order valence-electron chi connectivity index (χ1n) is 5.27. The average molecular weight is 300 g/mol. The fraction of sp³-hybridized carbons (Fsp3) is 0.0769. The van der Waals surface area contributed by atoms with E-state index in [0.717, 1.165) is 0 Å². The van der Waals surface area contributed by atoms with Gasteiger partial charge < -0.3 is 5.11 Å². The van der Waals surface area contributed by atoms with Crippen molar-refractivity contribution in [3.63, 3.8) is 0 Å². The van der Waals surface area contributed by atoms with Gasteiger partial charge >= 0.3 is 5.97 Å². The molecule has 19 heavy (non-hydrogen) atoms. The minimum absolute atomic E-state index is 0.0352. The smallest absolute Gasteiger partial charge is 0.337 e. The summed E-state index contributed by atoms with van der Waals surface area (Å²) in [7, 11) is 0. The predicted octanol–water partition coefficient (Wildman–Crippen LogP) is 3.90. The fourth-order valence-electron chi connectivity index (χ4n) is 1.72. The van der Waals surface area contributed by atoms with Crippen molar-refractivity contribution < 1.29 is 14.3 Å². The minimum atomic E-state index is -1.23. The van der Waals surface area contributed by atoms with E-state index in [-0.39, 0.29) is 21.7 Å². The molecule has 1 N–H and O–H groups in total. The second-order valence-corrected chi connectivity index (χ2v) is 4.62. The summed E-state index contributed by atoms with van der Waals surface area (Å²) in [6, 6.07) is 5.88. The molecule has 0 amide bonds. The maximum absolute atomic E-state index is 13.7. The molecule has 0 fully saturated rings. The molecule has 98 valence electrons. The molecule has 3 nitrogen and oxygen atoms in total. The number of hydrogen-bond donors (Lipinski definition) is 1. The van der Waals surface area contributed by atoms with Gasteiger partial charge in [0.25, 0.3) is 0 Å². The Labute approximate surface area is 118 Å². The third-order valence-electron chi connectivity index (χ3n) is 2.59. The number of rotatable bonds is 3. The van der Waals surface area contributed by atoms with E-state index in [2.05, 4.69) is 4.98 Å². The number of carboxylic acid groups (broad SMARTS) is 1. The molecule has 0 aliphatic carbocycles. The summed E-state index contributed by atoms with van der Waals surface area (Å²) in [5, 5.41) is 8.14. The van der Waals surface area contributed by atoms with Crippen molar-refractivity contribution in [3.05, 3.63) is 64.2 Å². The van der Waals surface area contributed by atoms with Crippen LogP contribution in [0.25, 0.3) is 0 Å². The Balaban J connectivity index is 2.57. The van der Waals surface area contributed by atoms with Crippen molar-refractivity contribution in [3.8, 4) is 0 Å². The van der Waals surface area contributed by atoms with Gasteiger partial charge in [-0.3, -0.25) is 4.98 Å². The van der Waals surface area contributed by atoms with Crippen LogP contribution in [0.1, 0.15) is 26.9 Å². The van der Waals surface area contributed by atoms with E-state index in [1.807, 2.05) is 0 Å². The average Bonchev–Trinajstić information content (AvgIpc) is 2.37. The molecule has 1 aromatic heterocycles. The van der Waals surface area contributed by atoms with Gasteiger partial charge in [-0.1, -0.05) is 29.8 Å². The zero-order valence-electron chi connectivity index (χ0n) is 9.48. The molecule has 0 bridgehead atoms. The topological polar surface area (TPSA) is 50.2 Å². The molecule has 1 atom stereocenters. The number of alkyl halides is 1. The quantitative estimate of drug-likeness (QED) is 0.875. The first kappa shape index (κ1) is 13.8. The lowest BCUT2D eigenvalue weighted by Gasteiger charge is -2.14. The van der Waals surface area contributed by atoms with Crippen molar-refractivity contribution >= 4 is 29.2 Å². The lowest BCUT2D eigenvalue weighted by molar-refractivity contribution is 0.0696. The van der Waals surface area contributed by atoms with Crippen molar-refractivity contribution in [2.75, 3.05) is 0 Å². The SMILES string of the molecule is O=C(O)c1c(Cl)cncc1C(Cl)c1ccccc1F. The highest BCUT2D eigenvalue weighted by molar-refractivity contribution is 6.34. The maximum Gasteiger partial charge on any atom is 0.337 e. The molecule has 6 heteroatoms. The third kappa shape index (κ3) is 2.69. The standard InChI is InChI=1S/C13H8Cl2FNO2/c14-9-6-17-5-8(11(9)13(18)19)12(15)7-3-1-2-4-10(7)16/h1-6,12H,(H,18,19). The van der Waals surface area contributed by atoms with Crippen molar-refractivity contribution in [1.82, 2.24) is 4.98 Å². The van der Waals surface area contributed by atoms with E-state index in [0.29, 0.717) is 0 Å². The van der Waals surface area contributed by atoms with Gasteiger partial charge in [-0.2, -0.15) is 0 Å². The zero-order valence-corrected chi connectivity index (χ0v) is 11.0. The molecular weight excluding hydrogens is 292 g/mol. The summed E-state index contributed by atoms with van der Waals surface area (Å²) >= 11 is 12.0. The Morgan fingerprint density at radius 1 is 1.26 bits per heavy atom. The van der Waals surface area contributed by atoms with Gasteiger partial charge in [0.1, 0.15) is 5.82 Å². The Kier molecular flexibility index (Phi) is 4.02. The van der Waals surface area contributed by atoms with Gasteiger partial charge in [-0.05, 0) is 6.07 Å². The van der Waals surface area contributed by atoms with E-state index < -0.39 is 17.2 Å². The fourth-order valence-corrected chi connectivity index (χ4v) is 2.30. The highest BCUT2D eigenvalue weighted by atomic mass is 35.5. The molecule has 1 aromatic carbocycles. The summed E-state index contributed by atoms with van der Waals surface area (Å²) in [6.45, 7) is 0. The van der Waals surface area contributed by atoms with Gasteiger partial charge in [0, 0.05) is 23.5 Å². The van der Waals surface area contributed by atoms with Gasteiger partial charge in [-0.15, -0.1) is 11.6 Å². The number of hydrogen-bond acceptors (Lipinski definition) is 2. The number of pyridine rings is 1. The molecule has 2 rings (SSSR count). The molecule has 0 saturated carbocycles. The van der Waals surface area contributed by atoms with Crippen LogP contribution in [-0.2, 0) is 0 Å². The summed E-state index contributed by atoms with van der Waals surface area (Å²) in [5.74, 6) is -1.75. The van der Waals surface area contributed by atoms with Gasteiger partial charge in [0.2, 0.25) is 0 Å². The van der Waals surface area contributed by atoms with Gasteiger partial charge in [0.15, 0.2) is 0 Å². The lowest BCUT2D eigenvalue weighted by Crippen LogP contribution is -2.08. The lowest BCUT2D eigenvalue weighted by atomic mass is 10.0. The highest BCUT2D eigenvalue weighted by Crippen LogP contribution is 2.34. The van der Waals surface area contributed by atoms with Crippen molar-refractivity contribution in [2.24, 2.45) is 0 Å².